The number of rotatable bonds is 3. The van der Waals surface area contributed by atoms with Gasteiger partial charge in [0.05, 0.1) is 37.7 Å². The second-order valence-electron chi connectivity index (χ2n) is 6.05. The molecule has 7 nitrogen and oxygen atoms in total. The van der Waals surface area contributed by atoms with Crippen LogP contribution in [0.1, 0.15) is 17.3 Å². The third-order valence-corrected chi connectivity index (χ3v) is 4.79. The van der Waals surface area contributed by atoms with E-state index in [-0.39, 0.29) is 21.5 Å². The van der Waals surface area contributed by atoms with Crippen molar-refractivity contribution in [1.82, 2.24) is 15.2 Å². The summed E-state index contributed by atoms with van der Waals surface area (Å²) in [5.41, 5.74) is 1.94. The molecule has 140 valence electrons. The van der Waals surface area contributed by atoms with Crippen molar-refractivity contribution in [2.24, 2.45) is 0 Å². The fourth-order valence-electron chi connectivity index (χ4n) is 2.96. The van der Waals surface area contributed by atoms with Gasteiger partial charge in [-0.25, -0.2) is 0 Å². The van der Waals surface area contributed by atoms with E-state index in [1.54, 1.807) is 36.5 Å². The number of hydrogen-bond acceptors (Lipinski definition) is 4. The highest BCUT2D eigenvalue weighted by Crippen LogP contribution is 2.31. The molecule has 0 saturated heterocycles. The topological polar surface area (TPSA) is 99.8 Å². The third-order valence-electron chi connectivity index (χ3n) is 4.16. The molecule has 4 rings (SSSR count). The molecule has 0 aliphatic carbocycles. The Kier molecular flexibility index (Phi) is 4.62. The Bertz CT molecular complexity index is 1230. The van der Waals surface area contributed by atoms with E-state index < -0.39 is 5.91 Å². The summed E-state index contributed by atoms with van der Waals surface area (Å²) in [5.74, 6) is -0.270. The molecule has 0 bridgehead atoms. The molecule has 0 radical (unpaired) electrons. The normalized spacial score (nSPS) is 11.0. The van der Waals surface area contributed by atoms with Gasteiger partial charge in [0, 0.05) is 18.5 Å². The molecule has 0 saturated carbocycles. The number of carbonyl (C=O) groups excluding carboxylic acids is 2. The van der Waals surface area contributed by atoms with E-state index in [1.807, 2.05) is 6.07 Å². The quantitative estimate of drug-likeness (QED) is 0.455. The minimum absolute atomic E-state index is 0.193. The van der Waals surface area contributed by atoms with Crippen molar-refractivity contribution in [3.8, 4) is 0 Å². The van der Waals surface area contributed by atoms with E-state index >= 15 is 0 Å². The summed E-state index contributed by atoms with van der Waals surface area (Å²) in [5, 5.41) is 14.4. The molecular formula is C19H13Cl2N5O2. The van der Waals surface area contributed by atoms with E-state index in [4.69, 9.17) is 23.2 Å². The van der Waals surface area contributed by atoms with Crippen LogP contribution in [0.2, 0.25) is 10.0 Å². The Morgan fingerprint density at radius 3 is 2.43 bits per heavy atom. The summed E-state index contributed by atoms with van der Waals surface area (Å²) in [6.07, 6.45) is 1.59. The van der Waals surface area contributed by atoms with E-state index in [2.05, 4.69) is 25.8 Å². The molecule has 3 N–H and O–H groups in total. The van der Waals surface area contributed by atoms with Crippen molar-refractivity contribution < 1.29 is 9.59 Å². The Morgan fingerprint density at radius 1 is 1.00 bits per heavy atom. The molecule has 2 amide bonds. The predicted molar refractivity (Wildman–Crippen MR) is 110 cm³/mol. The first kappa shape index (κ1) is 18.2. The highest BCUT2D eigenvalue weighted by atomic mass is 35.5. The number of amides is 2. The lowest BCUT2D eigenvalue weighted by molar-refractivity contribution is -0.114. The Morgan fingerprint density at radius 2 is 1.71 bits per heavy atom. The molecule has 0 spiro atoms. The summed E-state index contributed by atoms with van der Waals surface area (Å²) in [7, 11) is 0. The second-order valence-corrected chi connectivity index (χ2v) is 6.87. The van der Waals surface area contributed by atoms with Crippen molar-refractivity contribution in [3.63, 3.8) is 0 Å². The maximum atomic E-state index is 12.7. The molecule has 0 atom stereocenters. The summed E-state index contributed by atoms with van der Waals surface area (Å²) >= 11 is 12.2. The van der Waals surface area contributed by atoms with Crippen LogP contribution in [0.4, 0.5) is 11.5 Å². The van der Waals surface area contributed by atoms with Gasteiger partial charge < -0.3 is 10.6 Å². The van der Waals surface area contributed by atoms with Gasteiger partial charge in [0.2, 0.25) is 5.91 Å². The van der Waals surface area contributed by atoms with Crippen molar-refractivity contribution >= 4 is 68.3 Å². The zero-order valence-electron chi connectivity index (χ0n) is 14.5. The minimum atomic E-state index is -0.437. The minimum Gasteiger partial charge on any atom is -0.320 e. The zero-order valence-corrected chi connectivity index (χ0v) is 16.0. The molecule has 2 heterocycles. The van der Waals surface area contributed by atoms with Crippen LogP contribution in [-0.2, 0) is 4.79 Å². The maximum absolute atomic E-state index is 12.7. The molecule has 28 heavy (non-hydrogen) atoms. The standard InChI is InChI=1S/C19H13Cl2N5O2/c1-9(27)23-18-11-8-22-17-10(16(11)25-26-18)4-2-7-14(17)24-19(28)15-12(20)5-3-6-13(15)21/h2-8H,1H3,(H,24,28)(H2,23,25,26,27). The number of carbonyl (C=O) groups is 2. The molecule has 9 heteroatoms. The number of para-hydroxylation sites is 1. The zero-order chi connectivity index (χ0) is 19.8. The van der Waals surface area contributed by atoms with Crippen LogP contribution in [0, 0.1) is 0 Å². The van der Waals surface area contributed by atoms with Crippen LogP contribution < -0.4 is 10.6 Å². The fraction of sp³-hybridized carbons (Fsp3) is 0.0526. The van der Waals surface area contributed by atoms with E-state index in [9.17, 15) is 9.59 Å². The molecular weight excluding hydrogens is 401 g/mol. The monoisotopic (exact) mass is 413 g/mol. The lowest BCUT2D eigenvalue weighted by atomic mass is 10.1. The molecule has 2 aromatic carbocycles. The van der Waals surface area contributed by atoms with Crippen LogP contribution in [-0.4, -0.2) is 27.0 Å². The summed E-state index contributed by atoms with van der Waals surface area (Å²) in [4.78, 5) is 28.5. The van der Waals surface area contributed by atoms with E-state index in [1.165, 1.54) is 6.92 Å². The van der Waals surface area contributed by atoms with Crippen molar-refractivity contribution in [2.75, 3.05) is 10.6 Å². The first-order valence-corrected chi connectivity index (χ1v) is 9.00. The Labute approximate surface area is 169 Å². The van der Waals surface area contributed by atoms with Gasteiger partial charge in [-0.05, 0) is 18.2 Å². The van der Waals surface area contributed by atoms with Gasteiger partial charge in [-0.2, -0.15) is 5.10 Å². The van der Waals surface area contributed by atoms with Crippen molar-refractivity contribution in [1.29, 1.82) is 0 Å². The molecule has 0 aliphatic heterocycles. The van der Waals surface area contributed by atoms with E-state index in [0.717, 1.165) is 5.39 Å². The highest BCUT2D eigenvalue weighted by molar-refractivity contribution is 6.40. The molecule has 4 aromatic rings. The number of hydrogen-bond donors (Lipinski definition) is 3. The number of aromatic nitrogens is 3. The number of pyridine rings is 1. The number of halogens is 2. The first-order valence-electron chi connectivity index (χ1n) is 8.24. The number of fused-ring (bicyclic) bond motifs is 3. The SMILES string of the molecule is CC(=O)Nc1n[nH]c2c1cnc1c(NC(=O)c3c(Cl)cccc3Cl)cccc12. The maximum Gasteiger partial charge on any atom is 0.258 e. The van der Waals surface area contributed by atoms with Crippen molar-refractivity contribution in [3.05, 3.63) is 58.2 Å². The summed E-state index contributed by atoms with van der Waals surface area (Å²) in [6.45, 7) is 1.41. The fourth-order valence-corrected chi connectivity index (χ4v) is 3.53. The summed E-state index contributed by atoms with van der Waals surface area (Å²) in [6, 6.07) is 10.2. The van der Waals surface area contributed by atoms with Crippen LogP contribution in [0.3, 0.4) is 0 Å². The number of H-pyrrole nitrogens is 1. The van der Waals surface area contributed by atoms with Gasteiger partial charge >= 0.3 is 0 Å². The number of nitrogens with one attached hydrogen (secondary N) is 3. The third kappa shape index (κ3) is 3.15. The number of aromatic amines is 1. The van der Waals surface area contributed by atoms with Gasteiger partial charge in [-0.15, -0.1) is 0 Å². The second kappa shape index (κ2) is 7.10. The Balaban J connectivity index is 1.78. The molecule has 0 fully saturated rings. The van der Waals surface area contributed by atoms with Gasteiger partial charge in [0.25, 0.3) is 5.91 Å². The van der Waals surface area contributed by atoms with Crippen LogP contribution in [0.25, 0.3) is 21.8 Å². The number of nitrogens with zero attached hydrogens (tertiary/aromatic N) is 2. The lowest BCUT2D eigenvalue weighted by Gasteiger charge is -2.10. The highest BCUT2D eigenvalue weighted by Gasteiger charge is 2.17. The smallest absolute Gasteiger partial charge is 0.258 e. The summed E-state index contributed by atoms with van der Waals surface area (Å²) < 4.78 is 0. The average Bonchev–Trinajstić information content (AvgIpc) is 3.04. The predicted octanol–water partition coefficient (Wildman–Crippen LogP) is 4.63. The molecule has 0 aliphatic rings. The van der Waals surface area contributed by atoms with Gasteiger partial charge in [-0.3, -0.25) is 19.7 Å². The van der Waals surface area contributed by atoms with Crippen LogP contribution in [0.15, 0.2) is 42.6 Å². The van der Waals surface area contributed by atoms with Crippen molar-refractivity contribution in [2.45, 2.75) is 6.92 Å². The van der Waals surface area contributed by atoms with Gasteiger partial charge in [0.15, 0.2) is 5.82 Å². The number of benzene rings is 2. The molecule has 0 unspecified atom stereocenters. The Hall–Kier alpha value is -3.16. The average molecular weight is 414 g/mol. The van der Waals surface area contributed by atoms with Crippen LogP contribution in [0.5, 0.6) is 0 Å². The van der Waals surface area contributed by atoms with Crippen LogP contribution >= 0.6 is 23.2 Å². The first-order chi connectivity index (χ1) is 13.5. The van der Waals surface area contributed by atoms with Gasteiger partial charge in [-0.1, -0.05) is 41.4 Å². The number of anilines is 2. The molecule has 2 aromatic heterocycles. The van der Waals surface area contributed by atoms with Gasteiger partial charge in [0.1, 0.15) is 0 Å². The largest absolute Gasteiger partial charge is 0.320 e. The lowest BCUT2D eigenvalue weighted by Crippen LogP contribution is -2.13. The van der Waals surface area contributed by atoms with E-state index in [0.29, 0.717) is 27.9 Å².